The molecule has 1 saturated heterocycles. The van der Waals surface area contributed by atoms with Crippen LogP contribution in [0.3, 0.4) is 0 Å². The predicted molar refractivity (Wildman–Crippen MR) is 156 cm³/mol. The first-order valence-electron chi connectivity index (χ1n) is 14.6. The number of hydrogen-bond acceptors (Lipinski definition) is 6. The highest BCUT2D eigenvalue weighted by molar-refractivity contribution is 5.85. The van der Waals surface area contributed by atoms with E-state index in [1.165, 1.54) is 0 Å². The molecule has 3 aromatic rings. The maximum Gasteiger partial charge on any atom is 0.322 e. The van der Waals surface area contributed by atoms with Crippen LogP contribution in [0.15, 0.2) is 78.9 Å². The van der Waals surface area contributed by atoms with Crippen molar-refractivity contribution in [2.24, 2.45) is 5.92 Å². The Hall–Kier alpha value is -3.72. The number of aliphatic hydroxyl groups excluding tert-OH is 2. The van der Waals surface area contributed by atoms with E-state index in [4.69, 9.17) is 0 Å². The average molecular weight is 556 g/mol. The van der Waals surface area contributed by atoms with Crippen LogP contribution in [0.25, 0.3) is 0 Å². The number of aliphatic hydroxyl groups is 2. The zero-order chi connectivity index (χ0) is 28.5. The summed E-state index contributed by atoms with van der Waals surface area (Å²) in [6.07, 6.45) is 2.49. The highest BCUT2D eigenvalue weighted by atomic mass is 16.4. The van der Waals surface area contributed by atoms with E-state index in [2.05, 4.69) is 0 Å². The number of nitrogens with zero attached hydrogens (tertiary/aromatic N) is 3. The predicted octanol–water partition coefficient (Wildman–Crippen LogP) is 4.26. The van der Waals surface area contributed by atoms with Gasteiger partial charge in [0.25, 0.3) is 0 Å². The topological polar surface area (TPSA) is 105 Å². The second-order valence-electron chi connectivity index (χ2n) is 11.4. The maximum atomic E-state index is 14.1. The van der Waals surface area contributed by atoms with Crippen molar-refractivity contribution < 1.29 is 24.9 Å². The van der Waals surface area contributed by atoms with Crippen molar-refractivity contribution >= 4 is 23.3 Å². The number of carboxylic acids is 1. The molecule has 3 N–H and O–H groups in total. The number of carbonyl (C=O) groups is 2. The van der Waals surface area contributed by atoms with E-state index in [1.54, 1.807) is 14.7 Å². The molecule has 1 amide bonds. The molecule has 0 radical (unpaired) electrons. The highest BCUT2D eigenvalue weighted by Crippen LogP contribution is 2.42. The molecular formula is C33H37N3O5. The standard InChI is InChI=1S/C33H37N3O5/c37-29-20-24-14-6-8-16-26(24)36(27-17-9-7-15-25(27)29)33(41)35-19-18-34(21-28(35)32(39)40)31(38)30(23-12-4-5-13-23)22-10-2-1-3-11-22/h1-3,6-11,14-17,23,28-30,33,37,41H,4-5,12-13,18-21H2,(H,39,40)/t28-,29?,30?,33?/m0/s1. The molecule has 3 unspecified atom stereocenters. The van der Waals surface area contributed by atoms with Crippen LogP contribution < -0.4 is 4.90 Å². The minimum Gasteiger partial charge on any atom is -0.480 e. The smallest absolute Gasteiger partial charge is 0.322 e. The van der Waals surface area contributed by atoms with Crippen LogP contribution >= 0.6 is 0 Å². The van der Waals surface area contributed by atoms with Gasteiger partial charge in [0.05, 0.1) is 17.7 Å². The summed E-state index contributed by atoms with van der Waals surface area (Å²) in [4.78, 5) is 31.7. The van der Waals surface area contributed by atoms with Crippen molar-refractivity contribution in [3.8, 4) is 0 Å². The number of aliphatic carboxylic acids is 1. The van der Waals surface area contributed by atoms with Crippen molar-refractivity contribution in [2.75, 3.05) is 24.5 Å². The SMILES string of the molecule is O=C(O)[C@@H]1CN(C(=O)C(c2ccccc2)C2CCCC2)CCN1C(O)N1c2ccccc2CC(O)c2ccccc21. The summed E-state index contributed by atoms with van der Waals surface area (Å²) >= 11 is 0. The Morgan fingerprint density at radius 2 is 1.49 bits per heavy atom. The third kappa shape index (κ3) is 5.23. The number of benzene rings is 3. The van der Waals surface area contributed by atoms with Gasteiger partial charge in [-0.1, -0.05) is 79.6 Å². The summed E-state index contributed by atoms with van der Waals surface area (Å²) in [5.41, 5.74) is 3.86. The number of fused-ring (bicyclic) bond motifs is 2. The molecule has 8 heteroatoms. The molecule has 2 heterocycles. The molecule has 1 aliphatic carbocycles. The molecule has 214 valence electrons. The molecule has 8 nitrogen and oxygen atoms in total. The molecule has 6 rings (SSSR count). The third-order valence-corrected chi connectivity index (χ3v) is 9.06. The lowest BCUT2D eigenvalue weighted by Crippen LogP contribution is -2.64. The monoisotopic (exact) mass is 555 g/mol. The Kier molecular flexibility index (Phi) is 7.79. The van der Waals surface area contributed by atoms with E-state index in [9.17, 15) is 24.9 Å². The van der Waals surface area contributed by atoms with E-state index in [0.29, 0.717) is 24.2 Å². The van der Waals surface area contributed by atoms with Crippen LogP contribution in [0, 0.1) is 5.92 Å². The number of anilines is 2. The van der Waals surface area contributed by atoms with Gasteiger partial charge in [0, 0.05) is 37.3 Å². The van der Waals surface area contributed by atoms with Crippen molar-refractivity contribution in [1.82, 2.24) is 9.80 Å². The van der Waals surface area contributed by atoms with Gasteiger partial charge in [0.2, 0.25) is 5.91 Å². The molecule has 0 spiro atoms. The van der Waals surface area contributed by atoms with Gasteiger partial charge in [-0.05, 0) is 42.0 Å². The number of rotatable bonds is 6. The molecule has 3 aliphatic rings. The minimum absolute atomic E-state index is 0.0129. The summed E-state index contributed by atoms with van der Waals surface area (Å²) in [6.45, 7) is 0.496. The Morgan fingerprint density at radius 3 is 2.22 bits per heavy atom. The Labute approximate surface area is 240 Å². The molecule has 0 aromatic heterocycles. The fourth-order valence-electron chi connectivity index (χ4n) is 7.01. The summed E-state index contributed by atoms with van der Waals surface area (Å²) in [5.74, 6) is -1.17. The molecule has 2 fully saturated rings. The molecule has 1 saturated carbocycles. The maximum absolute atomic E-state index is 14.1. The van der Waals surface area contributed by atoms with E-state index in [0.717, 1.165) is 42.5 Å². The van der Waals surface area contributed by atoms with Gasteiger partial charge in [-0.15, -0.1) is 0 Å². The van der Waals surface area contributed by atoms with Crippen molar-refractivity contribution in [3.63, 3.8) is 0 Å². The van der Waals surface area contributed by atoms with Crippen LogP contribution in [-0.4, -0.2) is 69.0 Å². The average Bonchev–Trinajstić information content (AvgIpc) is 3.49. The Bertz CT molecular complexity index is 1390. The largest absolute Gasteiger partial charge is 0.480 e. The molecule has 0 bridgehead atoms. The van der Waals surface area contributed by atoms with Crippen LogP contribution in [0.5, 0.6) is 0 Å². The Morgan fingerprint density at radius 1 is 0.829 bits per heavy atom. The lowest BCUT2D eigenvalue weighted by molar-refractivity contribution is -0.156. The summed E-state index contributed by atoms with van der Waals surface area (Å²) in [7, 11) is 0. The molecule has 2 aliphatic heterocycles. The number of amides is 1. The van der Waals surface area contributed by atoms with Crippen LogP contribution in [0.1, 0.15) is 54.4 Å². The van der Waals surface area contributed by atoms with Gasteiger partial charge in [0.1, 0.15) is 6.04 Å². The molecule has 4 atom stereocenters. The van der Waals surface area contributed by atoms with Gasteiger partial charge in [-0.25, -0.2) is 4.90 Å². The van der Waals surface area contributed by atoms with E-state index in [-0.39, 0.29) is 30.8 Å². The Balaban J connectivity index is 1.30. The minimum atomic E-state index is -1.32. The second-order valence-corrected chi connectivity index (χ2v) is 11.4. The quantitative estimate of drug-likeness (QED) is 0.418. The van der Waals surface area contributed by atoms with Gasteiger partial charge >= 0.3 is 5.97 Å². The van der Waals surface area contributed by atoms with Crippen molar-refractivity contribution in [1.29, 1.82) is 0 Å². The van der Waals surface area contributed by atoms with Crippen molar-refractivity contribution in [3.05, 3.63) is 95.6 Å². The first kappa shape index (κ1) is 27.4. The van der Waals surface area contributed by atoms with Crippen molar-refractivity contribution in [2.45, 2.75) is 56.5 Å². The first-order chi connectivity index (χ1) is 19.9. The van der Waals surface area contributed by atoms with Gasteiger partial charge in [-0.2, -0.15) is 0 Å². The zero-order valence-electron chi connectivity index (χ0n) is 23.0. The van der Waals surface area contributed by atoms with E-state index in [1.807, 2.05) is 78.9 Å². The third-order valence-electron chi connectivity index (χ3n) is 9.06. The lowest BCUT2D eigenvalue weighted by atomic mass is 9.83. The number of carboxylic acid groups (broad SMARTS) is 1. The normalized spacial score (nSPS) is 22.9. The summed E-state index contributed by atoms with van der Waals surface area (Å²) < 4.78 is 0. The fraction of sp³-hybridized carbons (Fsp3) is 0.394. The second kappa shape index (κ2) is 11.6. The highest BCUT2D eigenvalue weighted by Gasteiger charge is 2.43. The molecular weight excluding hydrogens is 518 g/mol. The summed E-state index contributed by atoms with van der Waals surface area (Å²) in [6, 6.07) is 23.7. The van der Waals surface area contributed by atoms with E-state index < -0.39 is 24.5 Å². The van der Waals surface area contributed by atoms with Crippen LogP contribution in [0.2, 0.25) is 0 Å². The lowest BCUT2D eigenvalue weighted by Gasteiger charge is -2.46. The van der Waals surface area contributed by atoms with Gasteiger partial charge in [0.15, 0.2) is 6.35 Å². The van der Waals surface area contributed by atoms with Gasteiger partial charge < -0.3 is 25.1 Å². The molecule has 3 aromatic carbocycles. The number of para-hydroxylation sites is 2. The first-order valence-corrected chi connectivity index (χ1v) is 14.6. The van der Waals surface area contributed by atoms with E-state index >= 15 is 0 Å². The molecule has 41 heavy (non-hydrogen) atoms. The number of piperazine rings is 1. The summed E-state index contributed by atoms with van der Waals surface area (Å²) in [5, 5.41) is 33.3. The number of hydrogen-bond donors (Lipinski definition) is 3. The fourth-order valence-corrected chi connectivity index (χ4v) is 7.01. The van der Waals surface area contributed by atoms with Crippen LogP contribution in [-0.2, 0) is 16.0 Å². The number of carbonyl (C=O) groups excluding carboxylic acids is 1. The van der Waals surface area contributed by atoms with Crippen LogP contribution in [0.4, 0.5) is 11.4 Å². The van der Waals surface area contributed by atoms with Gasteiger partial charge in [-0.3, -0.25) is 9.59 Å². The zero-order valence-corrected chi connectivity index (χ0v) is 23.0.